The quantitative estimate of drug-likeness (QED) is 0.486. The summed E-state index contributed by atoms with van der Waals surface area (Å²) in [6.45, 7) is 4.59. The second kappa shape index (κ2) is 6.34. The molecule has 1 aromatic heterocycles. The molecule has 3 nitrogen and oxygen atoms in total. The Hall–Kier alpha value is -1.27. The minimum absolute atomic E-state index is 0.513. The highest BCUT2D eigenvalue weighted by molar-refractivity contribution is 6.30. The van der Waals surface area contributed by atoms with Crippen molar-refractivity contribution in [2.45, 2.75) is 33.1 Å². The smallest absolute Gasteiger partial charge is 0.137 e. The zero-order valence-electron chi connectivity index (χ0n) is 9.68. The number of anilines is 1. The average molecular weight is 238 g/mol. The van der Waals surface area contributed by atoms with Gasteiger partial charge in [-0.25, -0.2) is 9.97 Å². The van der Waals surface area contributed by atoms with Crippen molar-refractivity contribution in [1.29, 1.82) is 0 Å². The van der Waals surface area contributed by atoms with Crippen LogP contribution in [0.2, 0.25) is 5.15 Å². The largest absolute Gasteiger partial charge is 0.370 e. The molecule has 4 heteroatoms. The molecule has 0 aliphatic heterocycles. The van der Waals surface area contributed by atoms with Crippen molar-refractivity contribution >= 4 is 17.4 Å². The third-order valence-corrected chi connectivity index (χ3v) is 2.61. The average Bonchev–Trinajstić information content (AvgIpc) is 2.24. The molecule has 0 radical (unpaired) electrons. The molecule has 0 aromatic carbocycles. The Morgan fingerprint density at radius 3 is 2.75 bits per heavy atom. The standard InChI is InChI=1S/C12H16ClN3/c1-4-5-6-7-8-14-12-9(2)11(13)15-10(3)16-12/h1H,5-8H2,2-3H3,(H,14,15,16). The van der Waals surface area contributed by atoms with Crippen LogP contribution in [0.1, 0.15) is 30.7 Å². The number of hydrogen-bond donors (Lipinski definition) is 1. The van der Waals surface area contributed by atoms with Crippen LogP contribution < -0.4 is 5.32 Å². The zero-order valence-corrected chi connectivity index (χ0v) is 10.4. The molecule has 0 spiro atoms. The fraction of sp³-hybridized carbons (Fsp3) is 0.500. The van der Waals surface area contributed by atoms with Crippen LogP contribution in [0.5, 0.6) is 0 Å². The van der Waals surface area contributed by atoms with Crippen LogP contribution in [0.25, 0.3) is 0 Å². The Kier molecular flexibility index (Phi) is 5.07. The summed E-state index contributed by atoms with van der Waals surface area (Å²) >= 11 is 5.96. The minimum atomic E-state index is 0.513. The molecule has 0 saturated heterocycles. The molecule has 0 saturated carbocycles. The summed E-state index contributed by atoms with van der Waals surface area (Å²) < 4.78 is 0. The number of rotatable bonds is 5. The molecule has 0 atom stereocenters. The summed E-state index contributed by atoms with van der Waals surface area (Å²) in [5.74, 6) is 4.12. The molecule has 0 unspecified atom stereocenters. The lowest BCUT2D eigenvalue weighted by atomic mass is 10.2. The monoisotopic (exact) mass is 237 g/mol. The second-order valence-electron chi connectivity index (χ2n) is 3.62. The molecule has 0 aliphatic rings. The van der Waals surface area contributed by atoms with Gasteiger partial charge in [-0.2, -0.15) is 0 Å². The van der Waals surface area contributed by atoms with E-state index in [0.717, 1.165) is 37.2 Å². The van der Waals surface area contributed by atoms with Crippen LogP contribution in [-0.4, -0.2) is 16.5 Å². The number of halogens is 1. The number of nitrogens with one attached hydrogen (secondary N) is 1. The van der Waals surface area contributed by atoms with E-state index < -0.39 is 0 Å². The Labute approximate surface area is 102 Å². The SMILES string of the molecule is C#CCCCCNc1nc(C)nc(Cl)c1C. The maximum atomic E-state index is 5.96. The van der Waals surface area contributed by atoms with Gasteiger partial charge in [0.1, 0.15) is 16.8 Å². The number of aromatic nitrogens is 2. The van der Waals surface area contributed by atoms with Gasteiger partial charge in [0.2, 0.25) is 0 Å². The van der Waals surface area contributed by atoms with Crippen molar-refractivity contribution in [2.75, 3.05) is 11.9 Å². The highest BCUT2D eigenvalue weighted by Crippen LogP contribution is 2.19. The summed E-state index contributed by atoms with van der Waals surface area (Å²) in [5, 5.41) is 3.76. The second-order valence-corrected chi connectivity index (χ2v) is 3.98. The number of nitrogens with zero attached hydrogens (tertiary/aromatic N) is 2. The minimum Gasteiger partial charge on any atom is -0.370 e. The van der Waals surface area contributed by atoms with Crippen molar-refractivity contribution in [3.05, 3.63) is 16.5 Å². The molecule has 86 valence electrons. The summed E-state index contributed by atoms with van der Waals surface area (Å²) in [7, 11) is 0. The van der Waals surface area contributed by atoms with Crippen LogP contribution in [0, 0.1) is 26.2 Å². The van der Waals surface area contributed by atoms with E-state index in [0.29, 0.717) is 11.0 Å². The summed E-state index contributed by atoms with van der Waals surface area (Å²) in [5.41, 5.74) is 0.893. The molecule has 0 amide bonds. The predicted molar refractivity (Wildman–Crippen MR) is 67.7 cm³/mol. The third kappa shape index (κ3) is 3.71. The van der Waals surface area contributed by atoms with Crippen LogP contribution in [0.4, 0.5) is 5.82 Å². The fourth-order valence-electron chi connectivity index (χ4n) is 1.33. The van der Waals surface area contributed by atoms with Gasteiger partial charge in [-0.1, -0.05) is 11.6 Å². The number of aryl methyl sites for hydroxylation is 1. The molecular formula is C12H16ClN3. The van der Waals surface area contributed by atoms with E-state index in [2.05, 4.69) is 21.2 Å². The van der Waals surface area contributed by atoms with Gasteiger partial charge in [0.25, 0.3) is 0 Å². The van der Waals surface area contributed by atoms with E-state index in [-0.39, 0.29) is 0 Å². The first kappa shape index (κ1) is 12.8. The van der Waals surface area contributed by atoms with Gasteiger partial charge in [-0.3, -0.25) is 0 Å². The van der Waals surface area contributed by atoms with Crippen molar-refractivity contribution in [3.63, 3.8) is 0 Å². The summed E-state index contributed by atoms with van der Waals surface area (Å²) in [6, 6.07) is 0. The number of hydrogen-bond acceptors (Lipinski definition) is 3. The maximum absolute atomic E-state index is 5.96. The van der Waals surface area contributed by atoms with Gasteiger partial charge in [-0.15, -0.1) is 12.3 Å². The zero-order chi connectivity index (χ0) is 12.0. The van der Waals surface area contributed by atoms with Crippen LogP contribution in [-0.2, 0) is 0 Å². The van der Waals surface area contributed by atoms with Crippen LogP contribution >= 0.6 is 11.6 Å². The Morgan fingerprint density at radius 2 is 2.06 bits per heavy atom. The summed E-state index contributed by atoms with van der Waals surface area (Å²) in [6.07, 6.45) is 8.06. The van der Waals surface area contributed by atoms with Gasteiger partial charge < -0.3 is 5.32 Å². The van der Waals surface area contributed by atoms with Crippen LogP contribution in [0.15, 0.2) is 0 Å². The maximum Gasteiger partial charge on any atom is 0.137 e. The van der Waals surface area contributed by atoms with Gasteiger partial charge in [0.05, 0.1) is 0 Å². The highest BCUT2D eigenvalue weighted by atomic mass is 35.5. The van der Waals surface area contributed by atoms with Gasteiger partial charge in [-0.05, 0) is 26.7 Å². The number of unbranched alkanes of at least 4 members (excludes halogenated alkanes) is 2. The van der Waals surface area contributed by atoms with Gasteiger partial charge in [0.15, 0.2) is 0 Å². The number of terminal acetylenes is 1. The van der Waals surface area contributed by atoms with E-state index in [9.17, 15) is 0 Å². The molecule has 1 heterocycles. The van der Waals surface area contributed by atoms with E-state index in [1.54, 1.807) is 0 Å². The first-order chi connectivity index (χ1) is 7.65. The lowest BCUT2D eigenvalue weighted by Gasteiger charge is -2.09. The fourth-order valence-corrected chi connectivity index (χ4v) is 1.54. The van der Waals surface area contributed by atoms with Crippen molar-refractivity contribution in [3.8, 4) is 12.3 Å². The van der Waals surface area contributed by atoms with Crippen LogP contribution in [0.3, 0.4) is 0 Å². The molecule has 0 aliphatic carbocycles. The molecular weight excluding hydrogens is 222 g/mol. The molecule has 0 fully saturated rings. The molecule has 1 rings (SSSR count). The van der Waals surface area contributed by atoms with Gasteiger partial charge in [0, 0.05) is 18.5 Å². The first-order valence-corrected chi connectivity index (χ1v) is 5.71. The Balaban J connectivity index is 2.51. The predicted octanol–water partition coefficient (Wildman–Crippen LogP) is 2.96. The lowest BCUT2D eigenvalue weighted by Crippen LogP contribution is -2.07. The normalized spacial score (nSPS) is 9.88. The Bertz CT molecular complexity index is 396. The molecule has 16 heavy (non-hydrogen) atoms. The summed E-state index contributed by atoms with van der Waals surface area (Å²) in [4.78, 5) is 8.38. The third-order valence-electron chi connectivity index (χ3n) is 2.24. The van der Waals surface area contributed by atoms with Gasteiger partial charge >= 0.3 is 0 Å². The van der Waals surface area contributed by atoms with Crippen molar-refractivity contribution in [2.24, 2.45) is 0 Å². The van der Waals surface area contributed by atoms with E-state index in [1.165, 1.54) is 0 Å². The van der Waals surface area contributed by atoms with E-state index in [1.807, 2.05) is 13.8 Å². The highest BCUT2D eigenvalue weighted by Gasteiger charge is 2.06. The molecule has 1 N–H and O–H groups in total. The lowest BCUT2D eigenvalue weighted by molar-refractivity contribution is 0.785. The Morgan fingerprint density at radius 1 is 1.31 bits per heavy atom. The van der Waals surface area contributed by atoms with E-state index in [4.69, 9.17) is 18.0 Å². The molecule has 1 aromatic rings. The van der Waals surface area contributed by atoms with Crippen molar-refractivity contribution < 1.29 is 0 Å². The molecule has 0 bridgehead atoms. The first-order valence-electron chi connectivity index (χ1n) is 5.33. The van der Waals surface area contributed by atoms with Crippen molar-refractivity contribution in [1.82, 2.24) is 9.97 Å². The van der Waals surface area contributed by atoms with E-state index >= 15 is 0 Å². The topological polar surface area (TPSA) is 37.8 Å².